The van der Waals surface area contributed by atoms with Crippen LogP contribution >= 0.6 is 11.6 Å². The highest BCUT2D eigenvalue weighted by molar-refractivity contribution is 7.89. The molecule has 0 saturated heterocycles. The van der Waals surface area contributed by atoms with Gasteiger partial charge in [-0.3, -0.25) is 9.48 Å². The number of carbonyl (C=O) groups excluding carboxylic acids is 1. The molecule has 0 aliphatic carbocycles. The molecule has 112 valence electrons. The van der Waals surface area contributed by atoms with E-state index < -0.39 is 15.9 Å². The number of nitrogens with one attached hydrogen (secondary N) is 1. The highest BCUT2D eigenvalue weighted by Crippen LogP contribution is 2.19. The molecule has 0 atom stereocenters. The van der Waals surface area contributed by atoms with Gasteiger partial charge >= 0.3 is 0 Å². The number of halogens is 1. The molecule has 0 aliphatic heterocycles. The maximum absolute atomic E-state index is 12.0. The lowest BCUT2D eigenvalue weighted by molar-refractivity contribution is -0.115. The van der Waals surface area contributed by atoms with E-state index >= 15 is 0 Å². The smallest absolute Gasteiger partial charge is 0.243 e. The Bertz CT molecular complexity index is 786. The van der Waals surface area contributed by atoms with E-state index in [-0.39, 0.29) is 17.1 Å². The largest absolute Gasteiger partial charge is 0.308 e. The van der Waals surface area contributed by atoms with Gasteiger partial charge in [-0.2, -0.15) is 5.10 Å². The summed E-state index contributed by atoms with van der Waals surface area (Å²) < 4.78 is 24.1. The average Bonchev–Trinajstić information content (AvgIpc) is 2.73. The lowest BCUT2D eigenvalue weighted by Gasteiger charge is -2.05. The lowest BCUT2D eigenvalue weighted by Crippen LogP contribution is -2.19. The molecule has 1 heterocycles. The van der Waals surface area contributed by atoms with Crippen molar-refractivity contribution in [3.05, 3.63) is 41.0 Å². The first-order valence-corrected chi connectivity index (χ1v) is 7.79. The molecule has 2 rings (SSSR count). The van der Waals surface area contributed by atoms with Crippen LogP contribution < -0.4 is 10.5 Å². The first kappa shape index (κ1) is 15.5. The number of sulfonamides is 1. The Balaban J connectivity index is 2.20. The van der Waals surface area contributed by atoms with Crippen LogP contribution in [0.25, 0.3) is 0 Å². The molecule has 2 aromatic rings. The van der Waals surface area contributed by atoms with Crippen molar-refractivity contribution in [3.8, 4) is 0 Å². The van der Waals surface area contributed by atoms with E-state index in [2.05, 4.69) is 10.4 Å². The Morgan fingerprint density at radius 2 is 2.10 bits per heavy atom. The number of hydrogen-bond donors (Lipinski definition) is 2. The number of aryl methyl sites for hydroxylation is 1. The van der Waals surface area contributed by atoms with Gasteiger partial charge in [-0.15, -0.1) is 0 Å². The standard InChI is InChI=1S/C12H13ClN4O3S/c1-17-7-10(21(14,19)20)12(16-17)15-11(18)6-8-4-2-3-5-9(8)13/h2-5,7H,6H2,1H3,(H2,14,19,20)(H,15,16,18). The van der Waals surface area contributed by atoms with Gasteiger partial charge < -0.3 is 5.32 Å². The molecule has 0 fully saturated rings. The van der Waals surface area contributed by atoms with E-state index in [1.54, 1.807) is 24.3 Å². The van der Waals surface area contributed by atoms with Gasteiger partial charge in [0.15, 0.2) is 5.82 Å². The lowest BCUT2D eigenvalue weighted by atomic mass is 10.1. The van der Waals surface area contributed by atoms with Gasteiger partial charge in [-0.1, -0.05) is 29.8 Å². The monoisotopic (exact) mass is 328 g/mol. The van der Waals surface area contributed by atoms with Crippen molar-refractivity contribution in [2.45, 2.75) is 11.3 Å². The number of primary sulfonamides is 1. The second-order valence-corrected chi connectivity index (χ2v) is 6.31. The summed E-state index contributed by atoms with van der Waals surface area (Å²) in [5, 5.41) is 11.8. The van der Waals surface area contributed by atoms with Crippen LogP contribution in [0.1, 0.15) is 5.56 Å². The minimum Gasteiger partial charge on any atom is -0.308 e. The number of aromatic nitrogens is 2. The molecule has 0 radical (unpaired) electrons. The molecular weight excluding hydrogens is 316 g/mol. The molecule has 3 N–H and O–H groups in total. The Hall–Kier alpha value is -1.90. The summed E-state index contributed by atoms with van der Waals surface area (Å²) in [5.74, 6) is -0.538. The number of carbonyl (C=O) groups is 1. The molecule has 0 spiro atoms. The Morgan fingerprint density at radius 3 is 2.71 bits per heavy atom. The van der Waals surface area contributed by atoms with E-state index in [1.165, 1.54) is 17.9 Å². The van der Waals surface area contributed by atoms with E-state index in [4.69, 9.17) is 16.7 Å². The van der Waals surface area contributed by atoms with Crippen molar-refractivity contribution in [3.63, 3.8) is 0 Å². The molecule has 21 heavy (non-hydrogen) atoms. The third kappa shape index (κ3) is 3.81. The van der Waals surface area contributed by atoms with Crippen molar-refractivity contribution in [2.75, 3.05) is 5.32 Å². The molecule has 9 heteroatoms. The van der Waals surface area contributed by atoms with E-state index in [9.17, 15) is 13.2 Å². The predicted molar refractivity (Wildman–Crippen MR) is 78.4 cm³/mol. The number of anilines is 1. The molecule has 7 nitrogen and oxygen atoms in total. The van der Waals surface area contributed by atoms with Crippen molar-refractivity contribution in [1.29, 1.82) is 0 Å². The second kappa shape index (κ2) is 5.84. The van der Waals surface area contributed by atoms with Gasteiger partial charge in [-0.05, 0) is 11.6 Å². The molecule has 0 unspecified atom stereocenters. The van der Waals surface area contributed by atoms with Crippen LogP contribution in [0.4, 0.5) is 5.82 Å². The highest BCUT2D eigenvalue weighted by Gasteiger charge is 2.20. The van der Waals surface area contributed by atoms with Gasteiger partial charge in [-0.25, -0.2) is 13.6 Å². The molecule has 1 amide bonds. The van der Waals surface area contributed by atoms with Crippen LogP contribution in [0.2, 0.25) is 5.02 Å². The van der Waals surface area contributed by atoms with Crippen LogP contribution in [-0.4, -0.2) is 24.1 Å². The SMILES string of the molecule is Cn1cc(S(N)(=O)=O)c(NC(=O)Cc2ccccc2Cl)n1. The zero-order chi connectivity index (χ0) is 15.6. The van der Waals surface area contributed by atoms with Crippen molar-refractivity contribution < 1.29 is 13.2 Å². The zero-order valence-electron chi connectivity index (χ0n) is 11.1. The van der Waals surface area contributed by atoms with Gasteiger partial charge in [0.05, 0.1) is 6.42 Å². The summed E-state index contributed by atoms with van der Waals surface area (Å²) in [6, 6.07) is 6.88. The summed E-state index contributed by atoms with van der Waals surface area (Å²) in [6.07, 6.45) is 1.22. The van der Waals surface area contributed by atoms with Crippen LogP contribution in [0, 0.1) is 0 Å². The third-order valence-electron chi connectivity index (χ3n) is 2.67. The van der Waals surface area contributed by atoms with Crippen LogP contribution in [0.15, 0.2) is 35.4 Å². The van der Waals surface area contributed by atoms with Gasteiger partial charge in [0.2, 0.25) is 15.9 Å². The topological polar surface area (TPSA) is 107 Å². The van der Waals surface area contributed by atoms with Gasteiger partial charge in [0.25, 0.3) is 0 Å². The fraction of sp³-hybridized carbons (Fsp3) is 0.167. The molecular formula is C12H13ClN4O3S. The highest BCUT2D eigenvalue weighted by atomic mass is 35.5. The number of nitrogens with zero attached hydrogens (tertiary/aromatic N) is 2. The minimum absolute atomic E-state index is 0.000304. The first-order chi connectivity index (χ1) is 9.77. The van der Waals surface area contributed by atoms with Crippen molar-refractivity contribution in [2.24, 2.45) is 12.2 Å². The van der Waals surface area contributed by atoms with E-state index in [0.29, 0.717) is 10.6 Å². The van der Waals surface area contributed by atoms with Gasteiger partial charge in [0.1, 0.15) is 4.90 Å². The molecule has 0 bridgehead atoms. The number of rotatable bonds is 4. The zero-order valence-corrected chi connectivity index (χ0v) is 12.6. The number of amides is 1. The predicted octanol–water partition coefficient (Wildman–Crippen LogP) is 0.902. The summed E-state index contributed by atoms with van der Waals surface area (Å²) in [4.78, 5) is 11.7. The average molecular weight is 329 g/mol. The quantitative estimate of drug-likeness (QED) is 0.869. The third-order valence-corrected chi connectivity index (χ3v) is 3.95. The fourth-order valence-electron chi connectivity index (χ4n) is 1.75. The fourth-order valence-corrected chi connectivity index (χ4v) is 2.62. The minimum atomic E-state index is -3.96. The molecule has 0 aliphatic rings. The van der Waals surface area contributed by atoms with Crippen molar-refractivity contribution in [1.82, 2.24) is 9.78 Å². The number of benzene rings is 1. The molecule has 1 aromatic carbocycles. The Kier molecular flexibility index (Phi) is 4.31. The Morgan fingerprint density at radius 1 is 1.43 bits per heavy atom. The second-order valence-electron chi connectivity index (χ2n) is 4.38. The normalized spacial score (nSPS) is 11.4. The van der Waals surface area contributed by atoms with Crippen LogP contribution in [0.3, 0.4) is 0 Å². The van der Waals surface area contributed by atoms with Crippen LogP contribution in [-0.2, 0) is 28.3 Å². The Labute approximate surface area is 126 Å². The van der Waals surface area contributed by atoms with Gasteiger partial charge in [0, 0.05) is 18.3 Å². The number of hydrogen-bond acceptors (Lipinski definition) is 4. The summed E-state index contributed by atoms with van der Waals surface area (Å²) >= 11 is 5.96. The summed E-state index contributed by atoms with van der Waals surface area (Å²) in [6.45, 7) is 0. The number of nitrogens with two attached hydrogens (primary N) is 1. The van der Waals surface area contributed by atoms with Crippen molar-refractivity contribution >= 4 is 33.3 Å². The maximum Gasteiger partial charge on any atom is 0.243 e. The summed E-state index contributed by atoms with van der Waals surface area (Å²) in [7, 11) is -2.44. The molecule has 1 aromatic heterocycles. The van der Waals surface area contributed by atoms with E-state index in [1.807, 2.05) is 0 Å². The maximum atomic E-state index is 12.0. The van der Waals surface area contributed by atoms with Crippen LogP contribution in [0.5, 0.6) is 0 Å². The first-order valence-electron chi connectivity index (χ1n) is 5.87. The van der Waals surface area contributed by atoms with E-state index in [0.717, 1.165) is 0 Å². The molecule has 0 saturated carbocycles. The summed E-state index contributed by atoms with van der Waals surface area (Å²) in [5.41, 5.74) is 0.629.